The number of benzene rings is 2. The summed E-state index contributed by atoms with van der Waals surface area (Å²) >= 11 is 0. The Morgan fingerprint density at radius 1 is 1.11 bits per heavy atom. The lowest BCUT2D eigenvalue weighted by molar-refractivity contribution is 0.0758. The van der Waals surface area contributed by atoms with E-state index in [9.17, 15) is 9.18 Å². The number of rotatable bonds is 7. The van der Waals surface area contributed by atoms with E-state index in [0.717, 1.165) is 16.8 Å². The second-order valence-electron chi connectivity index (χ2n) is 6.54. The summed E-state index contributed by atoms with van der Waals surface area (Å²) < 4.78 is 15.2. The van der Waals surface area contributed by atoms with Crippen LogP contribution in [0.2, 0.25) is 0 Å². The molecule has 0 N–H and O–H groups in total. The van der Waals surface area contributed by atoms with Crippen molar-refractivity contribution in [3.63, 3.8) is 0 Å². The van der Waals surface area contributed by atoms with Gasteiger partial charge in [0.25, 0.3) is 5.91 Å². The minimum atomic E-state index is -0.243. The molecule has 0 unspecified atom stereocenters. The van der Waals surface area contributed by atoms with Gasteiger partial charge in [-0.3, -0.25) is 4.79 Å². The maximum atomic E-state index is 13.1. The second-order valence-corrected chi connectivity index (χ2v) is 6.54. The summed E-state index contributed by atoms with van der Waals surface area (Å²) in [5, 5.41) is 0. The van der Waals surface area contributed by atoms with Crippen LogP contribution in [0.25, 0.3) is 0 Å². The average molecular weight is 362 g/mol. The number of hydrogen-bond acceptors (Lipinski definition) is 1. The van der Waals surface area contributed by atoms with Gasteiger partial charge in [0.15, 0.2) is 0 Å². The Labute approximate surface area is 159 Å². The highest BCUT2D eigenvalue weighted by molar-refractivity contribution is 5.95. The smallest absolute Gasteiger partial charge is 0.254 e. The van der Waals surface area contributed by atoms with Crippen molar-refractivity contribution < 1.29 is 9.18 Å². The zero-order valence-corrected chi connectivity index (χ0v) is 15.4. The number of aromatic nitrogens is 1. The Balaban J connectivity index is 1.80. The number of carbonyl (C=O) groups is 1. The number of hydrogen-bond donors (Lipinski definition) is 0. The molecule has 0 bridgehead atoms. The zero-order valence-electron chi connectivity index (χ0n) is 15.4. The molecule has 27 heavy (non-hydrogen) atoms. The van der Waals surface area contributed by atoms with E-state index in [1.807, 2.05) is 49.5 Å². The first-order valence-electron chi connectivity index (χ1n) is 8.92. The third-order valence-electron chi connectivity index (χ3n) is 4.55. The first-order valence-corrected chi connectivity index (χ1v) is 8.92. The minimum Gasteiger partial charge on any atom is -0.345 e. The molecule has 0 aliphatic heterocycles. The van der Waals surface area contributed by atoms with E-state index in [1.165, 1.54) is 12.1 Å². The van der Waals surface area contributed by atoms with E-state index in [0.29, 0.717) is 25.2 Å². The van der Waals surface area contributed by atoms with Crippen molar-refractivity contribution in [2.75, 3.05) is 6.54 Å². The lowest BCUT2D eigenvalue weighted by atomic mass is 10.1. The summed E-state index contributed by atoms with van der Waals surface area (Å²) in [4.78, 5) is 14.8. The molecule has 3 rings (SSSR count). The van der Waals surface area contributed by atoms with Crippen LogP contribution in [0.15, 0.2) is 79.5 Å². The van der Waals surface area contributed by atoms with E-state index in [-0.39, 0.29) is 11.7 Å². The van der Waals surface area contributed by atoms with Crippen molar-refractivity contribution in [1.29, 1.82) is 0 Å². The number of carbonyl (C=O) groups excluding carboxylic acids is 1. The minimum absolute atomic E-state index is 0.0115. The molecule has 1 heterocycles. The topological polar surface area (TPSA) is 25.2 Å². The molecule has 0 saturated carbocycles. The van der Waals surface area contributed by atoms with Crippen LogP contribution in [0.3, 0.4) is 0 Å². The molecule has 0 aliphatic carbocycles. The van der Waals surface area contributed by atoms with Crippen LogP contribution in [0.1, 0.15) is 27.2 Å². The second kappa shape index (κ2) is 8.49. The van der Waals surface area contributed by atoms with Gasteiger partial charge in [-0.25, -0.2) is 4.39 Å². The third-order valence-corrected chi connectivity index (χ3v) is 4.55. The molecule has 1 amide bonds. The maximum Gasteiger partial charge on any atom is 0.254 e. The Bertz CT molecular complexity index is 928. The molecule has 1 aromatic heterocycles. The van der Waals surface area contributed by atoms with E-state index in [2.05, 4.69) is 11.1 Å². The fourth-order valence-electron chi connectivity index (χ4n) is 3.09. The van der Waals surface area contributed by atoms with E-state index >= 15 is 0 Å². The monoisotopic (exact) mass is 362 g/mol. The van der Waals surface area contributed by atoms with Crippen molar-refractivity contribution in [3.05, 3.63) is 108 Å². The van der Waals surface area contributed by atoms with E-state index in [1.54, 1.807) is 23.1 Å². The summed E-state index contributed by atoms with van der Waals surface area (Å²) in [7, 11) is 0. The molecule has 2 aromatic carbocycles. The summed E-state index contributed by atoms with van der Waals surface area (Å²) in [6, 6.07) is 18.0. The normalized spacial score (nSPS) is 10.6. The number of amides is 1. The predicted octanol–water partition coefficient (Wildman–Crippen LogP) is 4.81. The number of nitrogens with zero attached hydrogens (tertiary/aromatic N) is 2. The highest BCUT2D eigenvalue weighted by Gasteiger charge is 2.18. The van der Waals surface area contributed by atoms with Crippen LogP contribution in [0, 0.1) is 12.7 Å². The summed E-state index contributed by atoms with van der Waals surface area (Å²) in [6.45, 7) is 7.31. The Morgan fingerprint density at radius 3 is 2.56 bits per heavy atom. The van der Waals surface area contributed by atoms with Crippen molar-refractivity contribution in [3.8, 4) is 0 Å². The summed E-state index contributed by atoms with van der Waals surface area (Å²) in [5.74, 6) is -0.255. The van der Waals surface area contributed by atoms with Gasteiger partial charge in [-0.2, -0.15) is 0 Å². The van der Waals surface area contributed by atoms with Gasteiger partial charge in [-0.15, -0.1) is 6.58 Å². The van der Waals surface area contributed by atoms with Crippen LogP contribution >= 0.6 is 0 Å². The SMILES string of the molecule is C=CCN(Cc1cccn1Cc1ccc(F)cc1)C(=O)c1ccccc1C. The maximum absolute atomic E-state index is 13.1. The fraction of sp³-hybridized carbons (Fsp3) is 0.174. The highest BCUT2D eigenvalue weighted by atomic mass is 19.1. The molecule has 3 nitrogen and oxygen atoms in total. The van der Waals surface area contributed by atoms with Gasteiger partial charge in [-0.05, 0) is 48.4 Å². The molecule has 138 valence electrons. The van der Waals surface area contributed by atoms with Gasteiger partial charge in [0.05, 0.1) is 6.54 Å². The van der Waals surface area contributed by atoms with Gasteiger partial charge in [-0.1, -0.05) is 36.4 Å². The lowest BCUT2D eigenvalue weighted by Gasteiger charge is -2.23. The van der Waals surface area contributed by atoms with Crippen molar-refractivity contribution in [2.24, 2.45) is 0 Å². The lowest BCUT2D eigenvalue weighted by Crippen LogP contribution is -2.32. The molecule has 0 atom stereocenters. The van der Waals surface area contributed by atoms with Gasteiger partial charge >= 0.3 is 0 Å². The van der Waals surface area contributed by atoms with E-state index in [4.69, 9.17) is 0 Å². The molecule has 0 spiro atoms. The summed E-state index contributed by atoms with van der Waals surface area (Å²) in [6.07, 6.45) is 3.71. The third kappa shape index (κ3) is 4.53. The highest BCUT2D eigenvalue weighted by Crippen LogP contribution is 2.15. The number of halogens is 1. The fourth-order valence-corrected chi connectivity index (χ4v) is 3.09. The van der Waals surface area contributed by atoms with Crippen LogP contribution < -0.4 is 0 Å². The predicted molar refractivity (Wildman–Crippen MR) is 106 cm³/mol. The first-order chi connectivity index (χ1) is 13.1. The number of aryl methyl sites for hydroxylation is 1. The molecule has 0 saturated heterocycles. The van der Waals surface area contributed by atoms with Crippen LogP contribution in [-0.4, -0.2) is 21.9 Å². The van der Waals surface area contributed by atoms with Crippen LogP contribution in [0.5, 0.6) is 0 Å². The summed E-state index contributed by atoms with van der Waals surface area (Å²) in [5.41, 5.74) is 3.69. The van der Waals surface area contributed by atoms with Crippen molar-refractivity contribution in [2.45, 2.75) is 20.0 Å². The molecule has 0 aliphatic rings. The van der Waals surface area contributed by atoms with Crippen molar-refractivity contribution in [1.82, 2.24) is 9.47 Å². The van der Waals surface area contributed by atoms with Crippen LogP contribution in [0.4, 0.5) is 4.39 Å². The zero-order chi connectivity index (χ0) is 19.2. The average Bonchev–Trinajstić information content (AvgIpc) is 3.10. The first kappa shape index (κ1) is 18.6. The van der Waals surface area contributed by atoms with Crippen LogP contribution in [-0.2, 0) is 13.1 Å². The standard InChI is InChI=1S/C23H23FN2O/c1-3-14-26(23(27)22-9-5-4-7-18(22)2)17-21-8-6-15-25(21)16-19-10-12-20(24)13-11-19/h3-13,15H,1,14,16-17H2,2H3. The van der Waals surface area contributed by atoms with Gasteiger partial charge in [0.1, 0.15) is 5.82 Å². The Kier molecular flexibility index (Phi) is 5.87. The molecular weight excluding hydrogens is 339 g/mol. The molecule has 0 radical (unpaired) electrons. The van der Waals surface area contributed by atoms with Gasteiger partial charge < -0.3 is 9.47 Å². The molecule has 3 aromatic rings. The Hall–Kier alpha value is -3.14. The van der Waals surface area contributed by atoms with Gasteiger partial charge in [0, 0.05) is 30.5 Å². The molecular formula is C23H23FN2O. The molecule has 0 fully saturated rings. The van der Waals surface area contributed by atoms with E-state index < -0.39 is 0 Å². The quantitative estimate of drug-likeness (QED) is 0.554. The largest absolute Gasteiger partial charge is 0.345 e. The van der Waals surface area contributed by atoms with Gasteiger partial charge in [0.2, 0.25) is 0 Å². The van der Waals surface area contributed by atoms with Crippen molar-refractivity contribution >= 4 is 5.91 Å². The molecule has 4 heteroatoms. The Morgan fingerprint density at radius 2 is 1.85 bits per heavy atom.